The van der Waals surface area contributed by atoms with E-state index in [2.05, 4.69) is 5.32 Å². The molecule has 0 radical (unpaired) electrons. The summed E-state index contributed by atoms with van der Waals surface area (Å²) < 4.78 is 5.42. The number of benzene rings is 1. The minimum absolute atomic E-state index is 0.0686. The van der Waals surface area contributed by atoms with Crippen molar-refractivity contribution in [2.45, 2.75) is 26.8 Å². The molecule has 0 saturated carbocycles. The molecule has 1 aromatic rings. The maximum Gasteiger partial charge on any atom is 0.258 e. The standard InChI is InChI=1S/C14H21N3O3/c1-9(2)13(14(19)17-15)16-12(18)8-20-11-7-5-4-6-10(11)3/h4-7,9,13H,8,15H2,1-3H3,(H,16,18)(H,17,19)/t13-/m1/s1. The molecule has 0 fully saturated rings. The van der Waals surface area contributed by atoms with E-state index >= 15 is 0 Å². The molecule has 0 spiro atoms. The number of aryl methyl sites for hydroxylation is 1. The number of rotatable bonds is 6. The van der Waals surface area contributed by atoms with E-state index in [1.807, 2.05) is 44.4 Å². The van der Waals surface area contributed by atoms with E-state index in [-0.39, 0.29) is 18.4 Å². The molecule has 110 valence electrons. The van der Waals surface area contributed by atoms with Crippen molar-refractivity contribution in [3.63, 3.8) is 0 Å². The van der Waals surface area contributed by atoms with E-state index < -0.39 is 11.9 Å². The van der Waals surface area contributed by atoms with Gasteiger partial charge < -0.3 is 10.1 Å². The molecule has 4 N–H and O–H groups in total. The van der Waals surface area contributed by atoms with Crippen LogP contribution in [-0.4, -0.2) is 24.5 Å². The largest absolute Gasteiger partial charge is 0.484 e. The van der Waals surface area contributed by atoms with Crippen molar-refractivity contribution in [2.75, 3.05) is 6.61 Å². The van der Waals surface area contributed by atoms with Gasteiger partial charge in [-0.1, -0.05) is 32.0 Å². The van der Waals surface area contributed by atoms with Crippen molar-refractivity contribution >= 4 is 11.8 Å². The van der Waals surface area contributed by atoms with Crippen molar-refractivity contribution in [2.24, 2.45) is 11.8 Å². The van der Waals surface area contributed by atoms with Gasteiger partial charge in [0.25, 0.3) is 11.8 Å². The summed E-state index contributed by atoms with van der Waals surface area (Å²) in [6, 6.07) is 6.73. The molecule has 0 unspecified atom stereocenters. The molecular weight excluding hydrogens is 258 g/mol. The molecular formula is C14H21N3O3. The van der Waals surface area contributed by atoms with Gasteiger partial charge in [0.2, 0.25) is 0 Å². The van der Waals surface area contributed by atoms with Crippen LogP contribution < -0.4 is 21.3 Å². The van der Waals surface area contributed by atoms with Crippen LogP contribution in [0.3, 0.4) is 0 Å². The second-order valence-electron chi connectivity index (χ2n) is 4.85. The van der Waals surface area contributed by atoms with Crippen LogP contribution in [0.25, 0.3) is 0 Å². The topological polar surface area (TPSA) is 93.4 Å². The Morgan fingerprint density at radius 1 is 1.30 bits per heavy atom. The molecule has 1 rings (SSSR count). The Labute approximate surface area is 118 Å². The Hall–Kier alpha value is -2.08. The summed E-state index contributed by atoms with van der Waals surface area (Å²) in [4.78, 5) is 23.3. The van der Waals surface area contributed by atoms with Crippen LogP contribution in [0.2, 0.25) is 0 Å². The fraction of sp³-hybridized carbons (Fsp3) is 0.429. The monoisotopic (exact) mass is 279 g/mol. The van der Waals surface area contributed by atoms with Gasteiger partial charge in [-0.3, -0.25) is 15.0 Å². The predicted octanol–water partition coefficient (Wildman–Crippen LogP) is 0.505. The molecule has 20 heavy (non-hydrogen) atoms. The van der Waals surface area contributed by atoms with Gasteiger partial charge in [0.15, 0.2) is 6.61 Å². The molecule has 0 saturated heterocycles. The Kier molecular flexibility index (Phi) is 5.99. The van der Waals surface area contributed by atoms with Crippen molar-refractivity contribution in [1.82, 2.24) is 10.7 Å². The quantitative estimate of drug-likeness (QED) is 0.402. The zero-order valence-corrected chi connectivity index (χ0v) is 12.0. The van der Waals surface area contributed by atoms with E-state index in [1.165, 1.54) is 0 Å². The molecule has 6 heteroatoms. The van der Waals surface area contributed by atoms with Gasteiger partial charge in [-0.05, 0) is 24.5 Å². The molecule has 0 bridgehead atoms. The van der Waals surface area contributed by atoms with Crippen molar-refractivity contribution in [1.29, 1.82) is 0 Å². The molecule has 1 aromatic carbocycles. The van der Waals surface area contributed by atoms with E-state index in [0.717, 1.165) is 5.56 Å². The molecule has 1 atom stereocenters. The van der Waals surface area contributed by atoms with Gasteiger partial charge in [0.1, 0.15) is 11.8 Å². The average molecular weight is 279 g/mol. The zero-order valence-electron chi connectivity index (χ0n) is 12.0. The predicted molar refractivity (Wildman–Crippen MR) is 75.8 cm³/mol. The number of para-hydroxylation sites is 1. The summed E-state index contributed by atoms with van der Waals surface area (Å²) in [7, 11) is 0. The highest BCUT2D eigenvalue weighted by molar-refractivity contribution is 5.88. The van der Waals surface area contributed by atoms with Gasteiger partial charge in [-0.15, -0.1) is 0 Å². The van der Waals surface area contributed by atoms with Crippen LogP contribution in [0.4, 0.5) is 0 Å². The highest BCUT2D eigenvalue weighted by atomic mass is 16.5. The van der Waals surface area contributed by atoms with E-state index in [1.54, 1.807) is 6.07 Å². The summed E-state index contributed by atoms with van der Waals surface area (Å²) in [6.45, 7) is 5.39. The minimum atomic E-state index is -0.673. The molecule has 0 heterocycles. The first-order chi connectivity index (χ1) is 9.45. The number of nitrogens with two attached hydrogens (primary N) is 1. The normalized spacial score (nSPS) is 11.8. The van der Waals surface area contributed by atoms with Gasteiger partial charge in [-0.2, -0.15) is 0 Å². The molecule has 0 aromatic heterocycles. The summed E-state index contributed by atoms with van der Waals surface area (Å²) in [5, 5.41) is 2.60. The summed E-state index contributed by atoms with van der Waals surface area (Å²) in [5.74, 6) is 4.87. The second kappa shape index (κ2) is 7.49. The molecule has 6 nitrogen and oxygen atoms in total. The number of hydrazine groups is 1. The lowest BCUT2D eigenvalue weighted by Crippen LogP contribution is -2.52. The third-order valence-corrected chi connectivity index (χ3v) is 2.86. The molecule has 0 aliphatic rings. The van der Waals surface area contributed by atoms with Crippen LogP contribution in [0.1, 0.15) is 19.4 Å². The van der Waals surface area contributed by atoms with Gasteiger partial charge in [0.05, 0.1) is 0 Å². The fourth-order valence-corrected chi connectivity index (χ4v) is 1.70. The van der Waals surface area contributed by atoms with Crippen molar-refractivity contribution < 1.29 is 14.3 Å². The van der Waals surface area contributed by atoms with E-state index in [4.69, 9.17) is 10.6 Å². The number of nitrogens with one attached hydrogen (secondary N) is 2. The maximum absolute atomic E-state index is 11.8. The van der Waals surface area contributed by atoms with Crippen LogP contribution in [0.5, 0.6) is 5.75 Å². The Morgan fingerprint density at radius 2 is 1.95 bits per heavy atom. The Morgan fingerprint density at radius 3 is 2.50 bits per heavy atom. The van der Waals surface area contributed by atoms with Crippen molar-refractivity contribution in [3.8, 4) is 5.75 Å². The molecule has 0 aliphatic carbocycles. The van der Waals surface area contributed by atoms with Crippen LogP contribution in [-0.2, 0) is 9.59 Å². The third kappa shape index (κ3) is 4.55. The zero-order chi connectivity index (χ0) is 15.1. The van der Waals surface area contributed by atoms with Crippen LogP contribution >= 0.6 is 0 Å². The highest BCUT2D eigenvalue weighted by Crippen LogP contribution is 2.15. The number of carbonyl (C=O) groups is 2. The third-order valence-electron chi connectivity index (χ3n) is 2.86. The van der Waals surface area contributed by atoms with Crippen molar-refractivity contribution in [3.05, 3.63) is 29.8 Å². The summed E-state index contributed by atoms with van der Waals surface area (Å²) in [6.07, 6.45) is 0. The molecule has 0 aliphatic heterocycles. The number of amides is 2. The smallest absolute Gasteiger partial charge is 0.258 e. The minimum Gasteiger partial charge on any atom is -0.484 e. The summed E-state index contributed by atoms with van der Waals surface area (Å²) in [5.41, 5.74) is 2.99. The average Bonchev–Trinajstić information content (AvgIpc) is 2.42. The van der Waals surface area contributed by atoms with E-state index in [0.29, 0.717) is 5.75 Å². The lowest BCUT2D eigenvalue weighted by atomic mass is 10.0. The Balaban J connectivity index is 2.55. The first-order valence-electron chi connectivity index (χ1n) is 6.44. The summed E-state index contributed by atoms with van der Waals surface area (Å²) >= 11 is 0. The lowest BCUT2D eigenvalue weighted by molar-refractivity contribution is -0.131. The van der Waals surface area contributed by atoms with Crippen LogP contribution in [0, 0.1) is 12.8 Å². The SMILES string of the molecule is Cc1ccccc1OCC(=O)N[C@@H](C(=O)NN)C(C)C. The van der Waals surface area contributed by atoms with Gasteiger partial charge >= 0.3 is 0 Å². The number of carbonyl (C=O) groups excluding carboxylic acids is 2. The van der Waals surface area contributed by atoms with Gasteiger partial charge in [-0.25, -0.2) is 5.84 Å². The molecule has 2 amide bonds. The highest BCUT2D eigenvalue weighted by Gasteiger charge is 2.23. The first kappa shape index (κ1) is 16.0. The second-order valence-corrected chi connectivity index (χ2v) is 4.85. The number of hydrogen-bond donors (Lipinski definition) is 3. The number of ether oxygens (including phenoxy) is 1. The first-order valence-corrected chi connectivity index (χ1v) is 6.44. The Bertz CT molecular complexity index is 474. The lowest BCUT2D eigenvalue weighted by Gasteiger charge is -2.20. The van der Waals surface area contributed by atoms with E-state index in [9.17, 15) is 9.59 Å². The fourth-order valence-electron chi connectivity index (χ4n) is 1.70. The van der Waals surface area contributed by atoms with Crippen LogP contribution in [0.15, 0.2) is 24.3 Å². The van der Waals surface area contributed by atoms with Gasteiger partial charge in [0, 0.05) is 0 Å². The maximum atomic E-state index is 11.8. The number of hydrogen-bond acceptors (Lipinski definition) is 4.